The predicted molar refractivity (Wildman–Crippen MR) is 57.0 cm³/mol. The molecule has 2 rings (SSSR count). The number of nitrogens with zero attached hydrogens (tertiary/aromatic N) is 2. The number of anilines is 1. The zero-order chi connectivity index (χ0) is 10.7. The predicted octanol–water partition coefficient (Wildman–Crippen LogP) is 2.32. The van der Waals surface area contributed by atoms with Crippen molar-refractivity contribution in [2.45, 2.75) is 0 Å². The molecule has 15 heavy (non-hydrogen) atoms. The monoisotopic (exact) mass is 203 g/mol. The van der Waals surface area contributed by atoms with Crippen molar-refractivity contribution < 1.29 is 4.39 Å². The van der Waals surface area contributed by atoms with Gasteiger partial charge in [-0.25, -0.2) is 14.4 Å². The molecule has 1 N–H and O–H groups in total. The summed E-state index contributed by atoms with van der Waals surface area (Å²) in [6.45, 7) is 0. The van der Waals surface area contributed by atoms with Crippen molar-refractivity contribution in [3.8, 4) is 11.4 Å². The van der Waals surface area contributed by atoms with Gasteiger partial charge in [0.1, 0.15) is 5.82 Å². The molecule has 1 aromatic carbocycles. The van der Waals surface area contributed by atoms with Crippen LogP contribution < -0.4 is 5.32 Å². The Kier molecular flexibility index (Phi) is 2.58. The summed E-state index contributed by atoms with van der Waals surface area (Å²) in [7, 11) is 1.79. The van der Waals surface area contributed by atoms with E-state index in [0.29, 0.717) is 11.4 Å². The van der Waals surface area contributed by atoms with Gasteiger partial charge in [0, 0.05) is 12.6 Å². The van der Waals surface area contributed by atoms with E-state index < -0.39 is 0 Å². The number of benzene rings is 1. The second-order valence-corrected chi connectivity index (χ2v) is 3.06. The van der Waals surface area contributed by atoms with Crippen LogP contribution in [0.3, 0.4) is 0 Å². The molecule has 4 heteroatoms. The van der Waals surface area contributed by atoms with Crippen LogP contribution in [0.15, 0.2) is 36.7 Å². The molecule has 0 saturated carbocycles. The van der Waals surface area contributed by atoms with Gasteiger partial charge in [0.2, 0.25) is 0 Å². The standard InChI is InChI=1S/C11H10FN3/c1-13-10-6-14-11(15-7-10)8-3-2-4-9(12)5-8/h2-7,13H,1H3. The Morgan fingerprint density at radius 1 is 1.20 bits per heavy atom. The molecule has 0 fully saturated rings. The highest BCUT2D eigenvalue weighted by Crippen LogP contribution is 2.16. The molecule has 0 spiro atoms. The summed E-state index contributed by atoms with van der Waals surface area (Å²) in [6, 6.07) is 6.22. The first-order valence-corrected chi connectivity index (χ1v) is 4.55. The van der Waals surface area contributed by atoms with Crippen LogP contribution in [0.4, 0.5) is 10.1 Å². The summed E-state index contributed by atoms with van der Waals surface area (Å²) in [6.07, 6.45) is 3.32. The van der Waals surface area contributed by atoms with E-state index in [1.54, 1.807) is 31.6 Å². The van der Waals surface area contributed by atoms with Crippen LogP contribution in [0.25, 0.3) is 11.4 Å². The lowest BCUT2D eigenvalue weighted by Crippen LogP contribution is -1.93. The van der Waals surface area contributed by atoms with Crippen LogP contribution in [0, 0.1) is 5.82 Å². The first-order chi connectivity index (χ1) is 7.29. The third-order valence-corrected chi connectivity index (χ3v) is 2.02. The molecule has 0 saturated heterocycles. The second kappa shape index (κ2) is 4.04. The van der Waals surface area contributed by atoms with E-state index in [1.165, 1.54) is 12.1 Å². The van der Waals surface area contributed by atoms with E-state index in [2.05, 4.69) is 15.3 Å². The molecule has 2 aromatic rings. The minimum absolute atomic E-state index is 0.284. The van der Waals surface area contributed by atoms with E-state index in [0.717, 1.165) is 5.69 Å². The molecule has 76 valence electrons. The van der Waals surface area contributed by atoms with Crippen molar-refractivity contribution in [1.82, 2.24) is 9.97 Å². The van der Waals surface area contributed by atoms with Gasteiger partial charge in [-0.05, 0) is 12.1 Å². The van der Waals surface area contributed by atoms with E-state index >= 15 is 0 Å². The van der Waals surface area contributed by atoms with Crippen LogP contribution in [-0.2, 0) is 0 Å². The fourth-order valence-electron chi connectivity index (χ4n) is 1.23. The highest BCUT2D eigenvalue weighted by atomic mass is 19.1. The molecule has 0 bridgehead atoms. The van der Waals surface area contributed by atoms with Gasteiger partial charge in [-0.1, -0.05) is 12.1 Å². The van der Waals surface area contributed by atoms with E-state index in [4.69, 9.17) is 0 Å². The summed E-state index contributed by atoms with van der Waals surface area (Å²) in [4.78, 5) is 8.24. The van der Waals surface area contributed by atoms with Crippen molar-refractivity contribution in [3.05, 3.63) is 42.5 Å². The largest absolute Gasteiger partial charge is 0.386 e. The number of rotatable bonds is 2. The fraction of sp³-hybridized carbons (Fsp3) is 0.0909. The Balaban J connectivity index is 2.37. The molecule has 0 aliphatic carbocycles. The summed E-state index contributed by atoms with van der Waals surface area (Å²) in [5.74, 6) is 0.238. The van der Waals surface area contributed by atoms with E-state index in [1.807, 2.05) is 0 Å². The average Bonchev–Trinajstić information content (AvgIpc) is 2.29. The Morgan fingerprint density at radius 2 is 1.93 bits per heavy atom. The average molecular weight is 203 g/mol. The topological polar surface area (TPSA) is 37.8 Å². The molecule has 0 aliphatic rings. The molecule has 0 aliphatic heterocycles. The normalized spacial score (nSPS) is 10.0. The van der Waals surface area contributed by atoms with Crippen LogP contribution in [-0.4, -0.2) is 17.0 Å². The molecule has 0 atom stereocenters. The summed E-state index contributed by atoms with van der Waals surface area (Å²) < 4.78 is 12.9. The molecule has 3 nitrogen and oxygen atoms in total. The molecule has 1 heterocycles. The first-order valence-electron chi connectivity index (χ1n) is 4.55. The first kappa shape index (κ1) is 9.58. The maximum atomic E-state index is 12.9. The van der Waals surface area contributed by atoms with Crippen molar-refractivity contribution in [3.63, 3.8) is 0 Å². The molecular formula is C11H10FN3. The lowest BCUT2D eigenvalue weighted by molar-refractivity contribution is 0.628. The Bertz CT molecular complexity index is 454. The molecular weight excluding hydrogens is 193 g/mol. The van der Waals surface area contributed by atoms with Crippen LogP contribution in [0.1, 0.15) is 0 Å². The van der Waals surface area contributed by atoms with Crippen LogP contribution in [0.5, 0.6) is 0 Å². The number of aromatic nitrogens is 2. The van der Waals surface area contributed by atoms with Gasteiger partial charge < -0.3 is 5.32 Å². The van der Waals surface area contributed by atoms with Gasteiger partial charge in [-0.2, -0.15) is 0 Å². The summed E-state index contributed by atoms with van der Waals surface area (Å²) >= 11 is 0. The third kappa shape index (κ3) is 2.10. The summed E-state index contributed by atoms with van der Waals surface area (Å²) in [5, 5.41) is 2.92. The zero-order valence-electron chi connectivity index (χ0n) is 8.24. The van der Waals surface area contributed by atoms with Gasteiger partial charge in [0.05, 0.1) is 18.1 Å². The van der Waals surface area contributed by atoms with Gasteiger partial charge >= 0.3 is 0 Å². The highest BCUT2D eigenvalue weighted by molar-refractivity contribution is 5.55. The fourth-order valence-corrected chi connectivity index (χ4v) is 1.23. The molecule has 0 unspecified atom stereocenters. The van der Waals surface area contributed by atoms with E-state index in [9.17, 15) is 4.39 Å². The minimum Gasteiger partial charge on any atom is -0.386 e. The van der Waals surface area contributed by atoms with Crippen molar-refractivity contribution in [2.24, 2.45) is 0 Å². The number of hydrogen-bond acceptors (Lipinski definition) is 3. The number of halogens is 1. The van der Waals surface area contributed by atoms with Gasteiger partial charge in [-0.3, -0.25) is 0 Å². The van der Waals surface area contributed by atoms with Crippen molar-refractivity contribution >= 4 is 5.69 Å². The lowest BCUT2D eigenvalue weighted by Gasteiger charge is -2.01. The SMILES string of the molecule is CNc1cnc(-c2cccc(F)c2)nc1. The Hall–Kier alpha value is -1.97. The maximum Gasteiger partial charge on any atom is 0.159 e. The molecule has 0 radical (unpaired) electrons. The third-order valence-electron chi connectivity index (χ3n) is 2.02. The number of hydrogen-bond donors (Lipinski definition) is 1. The molecule has 0 amide bonds. The van der Waals surface area contributed by atoms with Gasteiger partial charge in [-0.15, -0.1) is 0 Å². The smallest absolute Gasteiger partial charge is 0.159 e. The Morgan fingerprint density at radius 3 is 2.53 bits per heavy atom. The van der Waals surface area contributed by atoms with Gasteiger partial charge in [0.15, 0.2) is 5.82 Å². The minimum atomic E-state index is -0.284. The quantitative estimate of drug-likeness (QED) is 0.813. The lowest BCUT2D eigenvalue weighted by atomic mass is 10.2. The summed E-state index contributed by atoms with van der Waals surface area (Å²) in [5.41, 5.74) is 1.51. The second-order valence-electron chi connectivity index (χ2n) is 3.06. The highest BCUT2D eigenvalue weighted by Gasteiger charge is 2.01. The van der Waals surface area contributed by atoms with Crippen LogP contribution in [0.2, 0.25) is 0 Å². The van der Waals surface area contributed by atoms with Gasteiger partial charge in [0.25, 0.3) is 0 Å². The van der Waals surface area contributed by atoms with Crippen molar-refractivity contribution in [1.29, 1.82) is 0 Å². The maximum absolute atomic E-state index is 12.9. The zero-order valence-corrected chi connectivity index (χ0v) is 8.24. The molecule has 1 aromatic heterocycles. The van der Waals surface area contributed by atoms with Crippen LogP contribution >= 0.6 is 0 Å². The Labute approximate surface area is 87.0 Å². The van der Waals surface area contributed by atoms with E-state index in [-0.39, 0.29) is 5.82 Å². The van der Waals surface area contributed by atoms with Crippen molar-refractivity contribution in [2.75, 3.05) is 12.4 Å². The number of nitrogens with one attached hydrogen (secondary N) is 1.